The van der Waals surface area contributed by atoms with Crippen LogP contribution >= 0.6 is 11.6 Å². The van der Waals surface area contributed by atoms with Crippen molar-refractivity contribution in [3.05, 3.63) is 52.7 Å². The molecule has 2 aromatic heterocycles. The summed E-state index contributed by atoms with van der Waals surface area (Å²) >= 11 is 6.03. The Morgan fingerprint density at radius 3 is 2.71 bits per heavy atom. The van der Waals surface area contributed by atoms with Gasteiger partial charge in [0, 0.05) is 30.4 Å². The Balaban J connectivity index is 2.01. The van der Waals surface area contributed by atoms with Crippen molar-refractivity contribution < 1.29 is 4.42 Å². The molecule has 0 radical (unpaired) electrons. The van der Waals surface area contributed by atoms with E-state index in [1.165, 1.54) is 5.56 Å². The topological polar surface area (TPSA) is 29.3 Å². The first-order valence-corrected chi connectivity index (χ1v) is 5.85. The first-order chi connectivity index (χ1) is 8.16. The zero-order valence-electron chi connectivity index (χ0n) is 9.98. The third-order valence-electron chi connectivity index (χ3n) is 2.68. The lowest BCUT2D eigenvalue weighted by molar-refractivity contribution is 0.316. The molecule has 0 N–H and O–H groups in total. The summed E-state index contributed by atoms with van der Waals surface area (Å²) in [7, 11) is 2.05. The Hall–Kier alpha value is -1.32. The van der Waals surface area contributed by atoms with Gasteiger partial charge in [-0.05, 0) is 26.1 Å². The summed E-state index contributed by atoms with van der Waals surface area (Å²) in [6, 6.07) is 5.89. The molecule has 2 aromatic rings. The van der Waals surface area contributed by atoms with Gasteiger partial charge in [-0.25, -0.2) is 4.98 Å². The van der Waals surface area contributed by atoms with Crippen LogP contribution in [0.4, 0.5) is 0 Å². The molecule has 3 nitrogen and oxygen atoms in total. The standard InChI is InChI=1S/C13H15ClN2O/c1-10-11(5-7-17-10)8-16(2)9-12-4-3-6-15-13(12)14/h3-7H,8-9H2,1-2H3. The fourth-order valence-electron chi connectivity index (χ4n) is 1.75. The molecule has 17 heavy (non-hydrogen) atoms. The molecule has 0 atom stereocenters. The van der Waals surface area contributed by atoms with Crippen LogP contribution in [0.5, 0.6) is 0 Å². The first kappa shape index (κ1) is 12.1. The highest BCUT2D eigenvalue weighted by atomic mass is 35.5. The average Bonchev–Trinajstić information content (AvgIpc) is 2.68. The second kappa shape index (κ2) is 5.34. The molecule has 0 aliphatic rings. The third-order valence-corrected chi connectivity index (χ3v) is 3.02. The zero-order chi connectivity index (χ0) is 12.3. The van der Waals surface area contributed by atoms with Gasteiger partial charge in [0.15, 0.2) is 0 Å². The highest BCUT2D eigenvalue weighted by Crippen LogP contribution is 2.16. The molecule has 0 aromatic carbocycles. The van der Waals surface area contributed by atoms with Gasteiger partial charge in [-0.3, -0.25) is 4.90 Å². The largest absolute Gasteiger partial charge is 0.469 e. The van der Waals surface area contributed by atoms with Gasteiger partial charge in [-0.1, -0.05) is 17.7 Å². The van der Waals surface area contributed by atoms with Gasteiger partial charge >= 0.3 is 0 Å². The average molecular weight is 251 g/mol. The highest BCUT2D eigenvalue weighted by molar-refractivity contribution is 6.30. The van der Waals surface area contributed by atoms with Crippen molar-refractivity contribution >= 4 is 11.6 Å². The molecule has 0 amide bonds. The lowest BCUT2D eigenvalue weighted by Gasteiger charge is -2.16. The molecule has 0 bridgehead atoms. The quantitative estimate of drug-likeness (QED) is 0.780. The van der Waals surface area contributed by atoms with Crippen molar-refractivity contribution in [1.29, 1.82) is 0 Å². The van der Waals surface area contributed by atoms with Gasteiger partial charge in [0.2, 0.25) is 0 Å². The van der Waals surface area contributed by atoms with Crippen molar-refractivity contribution in [2.45, 2.75) is 20.0 Å². The van der Waals surface area contributed by atoms with E-state index in [2.05, 4.69) is 16.9 Å². The highest BCUT2D eigenvalue weighted by Gasteiger charge is 2.08. The number of rotatable bonds is 4. The van der Waals surface area contributed by atoms with Gasteiger partial charge in [-0.2, -0.15) is 0 Å². The van der Waals surface area contributed by atoms with Gasteiger partial charge in [0.1, 0.15) is 10.9 Å². The summed E-state index contributed by atoms with van der Waals surface area (Å²) in [5.74, 6) is 0.967. The normalized spacial score (nSPS) is 11.1. The molecule has 2 heterocycles. The van der Waals surface area contributed by atoms with Crippen LogP contribution in [0.3, 0.4) is 0 Å². The summed E-state index contributed by atoms with van der Waals surface area (Å²) < 4.78 is 5.27. The number of pyridine rings is 1. The van der Waals surface area contributed by atoms with E-state index in [4.69, 9.17) is 16.0 Å². The minimum atomic E-state index is 0.572. The number of furan rings is 1. The first-order valence-electron chi connectivity index (χ1n) is 5.47. The molecule has 0 spiro atoms. The summed E-state index contributed by atoms with van der Waals surface area (Å²) in [6.45, 7) is 3.59. The number of hydrogen-bond acceptors (Lipinski definition) is 3. The van der Waals surface area contributed by atoms with E-state index in [1.54, 1.807) is 12.5 Å². The Bertz CT molecular complexity index is 496. The summed E-state index contributed by atoms with van der Waals surface area (Å²) in [4.78, 5) is 6.25. The van der Waals surface area contributed by atoms with E-state index < -0.39 is 0 Å². The van der Waals surface area contributed by atoms with Gasteiger partial charge in [-0.15, -0.1) is 0 Å². The maximum atomic E-state index is 6.03. The van der Waals surface area contributed by atoms with E-state index in [9.17, 15) is 0 Å². The van der Waals surface area contributed by atoms with E-state index in [1.807, 2.05) is 25.1 Å². The van der Waals surface area contributed by atoms with E-state index in [0.717, 1.165) is 24.4 Å². The SMILES string of the molecule is Cc1occc1CN(C)Cc1cccnc1Cl. The van der Waals surface area contributed by atoms with Crippen LogP contribution in [0, 0.1) is 6.92 Å². The van der Waals surface area contributed by atoms with E-state index >= 15 is 0 Å². The molecule has 0 fully saturated rings. The number of hydrogen-bond donors (Lipinski definition) is 0. The van der Waals surface area contributed by atoms with Crippen molar-refractivity contribution in [1.82, 2.24) is 9.88 Å². The van der Waals surface area contributed by atoms with Gasteiger partial charge < -0.3 is 4.42 Å². The Morgan fingerprint density at radius 1 is 1.29 bits per heavy atom. The second-order valence-corrected chi connectivity index (χ2v) is 4.49. The second-order valence-electron chi connectivity index (χ2n) is 4.13. The Labute approximate surface area is 106 Å². The molecule has 0 aliphatic heterocycles. The molecule has 0 aliphatic carbocycles. The molecule has 2 rings (SSSR count). The number of nitrogens with zero attached hydrogens (tertiary/aromatic N) is 2. The maximum absolute atomic E-state index is 6.03. The number of halogens is 1. The Kier molecular flexibility index (Phi) is 3.82. The van der Waals surface area contributed by atoms with Crippen LogP contribution in [-0.4, -0.2) is 16.9 Å². The van der Waals surface area contributed by atoms with Crippen LogP contribution in [0.2, 0.25) is 5.15 Å². The summed E-state index contributed by atoms with van der Waals surface area (Å²) in [5.41, 5.74) is 2.24. The monoisotopic (exact) mass is 250 g/mol. The fourth-order valence-corrected chi connectivity index (χ4v) is 1.93. The zero-order valence-corrected chi connectivity index (χ0v) is 10.7. The summed E-state index contributed by atoms with van der Waals surface area (Å²) in [5, 5.41) is 0.572. The van der Waals surface area contributed by atoms with Crippen molar-refractivity contribution in [3.8, 4) is 0 Å². The molecular formula is C13H15ClN2O. The minimum Gasteiger partial charge on any atom is -0.469 e. The van der Waals surface area contributed by atoms with E-state index in [-0.39, 0.29) is 0 Å². The third kappa shape index (κ3) is 3.08. The predicted octanol–water partition coefficient (Wildman–Crippen LogP) is 3.27. The Morgan fingerprint density at radius 2 is 2.06 bits per heavy atom. The predicted molar refractivity (Wildman–Crippen MR) is 67.9 cm³/mol. The lowest BCUT2D eigenvalue weighted by atomic mass is 10.2. The van der Waals surface area contributed by atoms with Crippen LogP contribution in [0.1, 0.15) is 16.9 Å². The smallest absolute Gasteiger partial charge is 0.133 e. The molecule has 0 saturated heterocycles. The molecule has 0 unspecified atom stereocenters. The van der Waals surface area contributed by atoms with Crippen LogP contribution in [0.15, 0.2) is 35.1 Å². The molecule has 4 heteroatoms. The number of aryl methyl sites for hydroxylation is 1. The van der Waals surface area contributed by atoms with Gasteiger partial charge in [0.05, 0.1) is 6.26 Å². The van der Waals surface area contributed by atoms with E-state index in [0.29, 0.717) is 5.15 Å². The van der Waals surface area contributed by atoms with Crippen LogP contribution in [-0.2, 0) is 13.1 Å². The maximum Gasteiger partial charge on any atom is 0.133 e. The fraction of sp³-hybridized carbons (Fsp3) is 0.308. The van der Waals surface area contributed by atoms with Crippen molar-refractivity contribution in [2.24, 2.45) is 0 Å². The molecule has 0 saturated carbocycles. The van der Waals surface area contributed by atoms with Crippen molar-refractivity contribution in [3.63, 3.8) is 0 Å². The van der Waals surface area contributed by atoms with Crippen molar-refractivity contribution in [2.75, 3.05) is 7.05 Å². The molecule has 90 valence electrons. The van der Waals surface area contributed by atoms with Crippen LogP contribution in [0.25, 0.3) is 0 Å². The van der Waals surface area contributed by atoms with Gasteiger partial charge in [0.25, 0.3) is 0 Å². The molecular weight excluding hydrogens is 236 g/mol. The number of aromatic nitrogens is 1. The minimum absolute atomic E-state index is 0.572. The lowest BCUT2D eigenvalue weighted by Crippen LogP contribution is -2.17. The van der Waals surface area contributed by atoms with Crippen LogP contribution < -0.4 is 0 Å². The summed E-state index contributed by atoms with van der Waals surface area (Å²) in [6.07, 6.45) is 3.42.